The molecule has 0 aromatic heterocycles. The molecule has 1 aromatic rings. The summed E-state index contributed by atoms with van der Waals surface area (Å²) in [5.74, 6) is 0.206. The predicted molar refractivity (Wildman–Crippen MR) is 111 cm³/mol. The first-order valence-corrected chi connectivity index (χ1v) is 9.99. The Morgan fingerprint density at radius 2 is 1.60 bits per heavy atom. The fourth-order valence-corrected chi connectivity index (χ4v) is 2.77. The van der Waals surface area contributed by atoms with E-state index in [1.54, 1.807) is 24.4 Å². The summed E-state index contributed by atoms with van der Waals surface area (Å²) >= 11 is 5.17. The first kappa shape index (κ1) is 21.4. The lowest BCUT2D eigenvalue weighted by molar-refractivity contribution is 0.474. The lowest BCUT2D eigenvalue weighted by Gasteiger charge is -2.07. The lowest BCUT2D eigenvalue weighted by Crippen LogP contribution is -2.32. The van der Waals surface area contributed by atoms with Crippen molar-refractivity contribution in [2.45, 2.75) is 71.1 Å². The summed E-state index contributed by atoms with van der Waals surface area (Å²) in [5.41, 5.74) is 3.43. The number of benzene rings is 1. The summed E-state index contributed by atoms with van der Waals surface area (Å²) in [6.07, 6.45) is 14.9. The zero-order valence-electron chi connectivity index (χ0n) is 15.5. The maximum atomic E-state index is 9.62. The first-order chi connectivity index (χ1) is 12.2. The number of phenolic OH excluding ortho intramolecular Hbond substituents is 1. The Kier molecular flexibility index (Phi) is 12.6. The molecule has 4 nitrogen and oxygen atoms in total. The number of phenols is 1. The molecule has 0 aliphatic carbocycles. The van der Waals surface area contributed by atoms with Crippen LogP contribution in [0.5, 0.6) is 5.75 Å². The van der Waals surface area contributed by atoms with Crippen LogP contribution in [0.2, 0.25) is 0 Å². The van der Waals surface area contributed by atoms with Crippen LogP contribution in [0.4, 0.5) is 0 Å². The van der Waals surface area contributed by atoms with Gasteiger partial charge >= 0.3 is 0 Å². The number of hydrogen-bond donors (Lipinski definition) is 3. The maximum Gasteiger partial charge on any atom is 0.186 e. The monoisotopic (exact) mass is 363 g/mol. The van der Waals surface area contributed by atoms with E-state index in [4.69, 9.17) is 12.2 Å². The van der Waals surface area contributed by atoms with E-state index < -0.39 is 0 Å². The molecule has 5 heteroatoms. The molecule has 0 atom stereocenters. The van der Waals surface area contributed by atoms with Crippen molar-refractivity contribution in [3.8, 4) is 5.75 Å². The molecule has 0 spiro atoms. The molecule has 140 valence electrons. The average molecular weight is 364 g/mol. The summed E-state index contributed by atoms with van der Waals surface area (Å²) in [6, 6.07) is 7.05. The minimum atomic E-state index is 0.206. The minimum absolute atomic E-state index is 0.206. The SMILES string of the molecule is CCCCCCCCCCCCNC(=S)NN=Cc1ccccc1O. The first-order valence-electron chi connectivity index (χ1n) is 9.59. The molecule has 0 radical (unpaired) electrons. The molecular formula is C20H33N3OS. The molecular weight excluding hydrogens is 330 g/mol. The van der Waals surface area contributed by atoms with Crippen LogP contribution < -0.4 is 10.7 Å². The number of aromatic hydroxyl groups is 1. The number of rotatable bonds is 13. The van der Waals surface area contributed by atoms with Gasteiger partial charge in [-0.05, 0) is 30.8 Å². The second-order valence-corrected chi connectivity index (χ2v) is 6.77. The number of hydrogen-bond acceptors (Lipinski definition) is 3. The van der Waals surface area contributed by atoms with Crippen molar-refractivity contribution >= 4 is 23.5 Å². The van der Waals surface area contributed by atoms with Gasteiger partial charge in [0.15, 0.2) is 5.11 Å². The smallest absolute Gasteiger partial charge is 0.186 e. The topological polar surface area (TPSA) is 56.7 Å². The molecule has 25 heavy (non-hydrogen) atoms. The lowest BCUT2D eigenvalue weighted by atomic mass is 10.1. The minimum Gasteiger partial charge on any atom is -0.507 e. The van der Waals surface area contributed by atoms with Crippen LogP contribution in [0.3, 0.4) is 0 Å². The molecule has 0 fully saturated rings. The summed E-state index contributed by atoms with van der Waals surface area (Å²) in [6.45, 7) is 3.13. The van der Waals surface area contributed by atoms with Gasteiger partial charge in [-0.3, -0.25) is 5.43 Å². The van der Waals surface area contributed by atoms with Gasteiger partial charge in [0.05, 0.1) is 6.21 Å². The highest BCUT2D eigenvalue weighted by Crippen LogP contribution is 2.12. The average Bonchev–Trinajstić information content (AvgIpc) is 2.61. The van der Waals surface area contributed by atoms with Crippen LogP contribution >= 0.6 is 12.2 Å². The van der Waals surface area contributed by atoms with E-state index in [1.165, 1.54) is 57.8 Å². The summed E-state index contributed by atoms with van der Waals surface area (Å²) in [4.78, 5) is 0. The zero-order valence-corrected chi connectivity index (χ0v) is 16.3. The van der Waals surface area contributed by atoms with Gasteiger partial charge in [0.2, 0.25) is 0 Å². The Hall–Kier alpha value is -1.62. The van der Waals surface area contributed by atoms with E-state index in [0.29, 0.717) is 10.7 Å². The maximum absolute atomic E-state index is 9.62. The van der Waals surface area contributed by atoms with Gasteiger partial charge in [0.25, 0.3) is 0 Å². The molecule has 0 amide bonds. The fourth-order valence-electron chi connectivity index (χ4n) is 2.61. The van der Waals surface area contributed by atoms with Crippen LogP contribution in [0, 0.1) is 0 Å². The van der Waals surface area contributed by atoms with Crippen LogP contribution in [-0.4, -0.2) is 23.0 Å². The Bertz CT molecular complexity index is 505. The van der Waals surface area contributed by atoms with E-state index in [0.717, 1.165) is 13.0 Å². The van der Waals surface area contributed by atoms with Crippen molar-refractivity contribution in [1.29, 1.82) is 0 Å². The number of unbranched alkanes of at least 4 members (excludes halogenated alkanes) is 9. The molecule has 0 aliphatic rings. The van der Waals surface area contributed by atoms with Gasteiger partial charge in [0.1, 0.15) is 5.75 Å². The number of nitrogens with zero attached hydrogens (tertiary/aromatic N) is 1. The number of thiocarbonyl (C=S) groups is 1. The summed E-state index contributed by atoms with van der Waals surface area (Å²) in [7, 11) is 0. The van der Waals surface area contributed by atoms with Crippen molar-refractivity contribution in [2.24, 2.45) is 5.10 Å². The second-order valence-electron chi connectivity index (χ2n) is 6.37. The van der Waals surface area contributed by atoms with Crippen molar-refractivity contribution < 1.29 is 5.11 Å². The molecule has 0 aliphatic heterocycles. The highest BCUT2D eigenvalue weighted by atomic mass is 32.1. The van der Waals surface area contributed by atoms with E-state index in [-0.39, 0.29) is 5.75 Å². The molecule has 1 rings (SSSR count). The third-order valence-electron chi connectivity index (χ3n) is 4.12. The predicted octanol–water partition coefficient (Wildman–Crippen LogP) is 5.11. The van der Waals surface area contributed by atoms with Gasteiger partial charge in [-0.15, -0.1) is 0 Å². The Morgan fingerprint density at radius 1 is 1.00 bits per heavy atom. The zero-order chi connectivity index (χ0) is 18.2. The molecule has 0 saturated carbocycles. The summed E-state index contributed by atoms with van der Waals surface area (Å²) in [5, 5.41) is 17.3. The largest absolute Gasteiger partial charge is 0.507 e. The normalized spacial score (nSPS) is 10.9. The van der Waals surface area contributed by atoms with E-state index in [9.17, 15) is 5.11 Å². The van der Waals surface area contributed by atoms with E-state index in [2.05, 4.69) is 22.8 Å². The number of para-hydroxylation sites is 1. The number of nitrogens with one attached hydrogen (secondary N) is 2. The third kappa shape index (κ3) is 11.5. The van der Waals surface area contributed by atoms with E-state index in [1.807, 2.05) is 6.07 Å². The van der Waals surface area contributed by atoms with Crippen LogP contribution in [0.1, 0.15) is 76.7 Å². The Labute approximate surface area is 158 Å². The Morgan fingerprint density at radius 3 is 2.24 bits per heavy atom. The van der Waals surface area contributed by atoms with Crippen molar-refractivity contribution in [2.75, 3.05) is 6.54 Å². The van der Waals surface area contributed by atoms with Gasteiger partial charge < -0.3 is 10.4 Å². The van der Waals surface area contributed by atoms with Crippen molar-refractivity contribution in [3.05, 3.63) is 29.8 Å². The van der Waals surface area contributed by atoms with Crippen LogP contribution in [0.15, 0.2) is 29.4 Å². The van der Waals surface area contributed by atoms with E-state index >= 15 is 0 Å². The third-order valence-corrected chi connectivity index (χ3v) is 4.36. The quantitative estimate of drug-likeness (QED) is 0.197. The Balaban J connectivity index is 1.94. The van der Waals surface area contributed by atoms with Crippen molar-refractivity contribution in [1.82, 2.24) is 10.7 Å². The van der Waals surface area contributed by atoms with Gasteiger partial charge in [-0.1, -0.05) is 76.8 Å². The number of hydrazone groups is 1. The highest BCUT2D eigenvalue weighted by Gasteiger charge is 1.96. The second kappa shape index (κ2) is 14.7. The molecule has 3 N–H and O–H groups in total. The van der Waals surface area contributed by atoms with Crippen LogP contribution in [-0.2, 0) is 0 Å². The van der Waals surface area contributed by atoms with Gasteiger partial charge in [0, 0.05) is 12.1 Å². The summed E-state index contributed by atoms with van der Waals surface area (Å²) < 4.78 is 0. The molecule has 0 saturated heterocycles. The standard InChI is InChI=1S/C20H33N3OS/c1-2-3-4-5-6-7-8-9-10-13-16-21-20(25)23-22-17-18-14-11-12-15-19(18)24/h11-12,14-15,17,24H,2-10,13,16H2,1H3,(H2,21,23,25). The molecule has 0 bridgehead atoms. The molecule has 0 unspecified atom stereocenters. The van der Waals surface area contributed by atoms with Gasteiger partial charge in [-0.25, -0.2) is 0 Å². The molecule has 0 heterocycles. The fraction of sp³-hybridized carbons (Fsp3) is 0.600. The molecule has 1 aromatic carbocycles. The van der Waals surface area contributed by atoms with Crippen molar-refractivity contribution in [3.63, 3.8) is 0 Å². The van der Waals surface area contributed by atoms with Crippen LogP contribution in [0.25, 0.3) is 0 Å². The highest BCUT2D eigenvalue weighted by molar-refractivity contribution is 7.80. The van der Waals surface area contributed by atoms with Gasteiger partial charge in [-0.2, -0.15) is 5.10 Å².